The summed E-state index contributed by atoms with van der Waals surface area (Å²) in [5.74, 6) is 0. The predicted octanol–water partition coefficient (Wildman–Crippen LogP) is 3.02. The van der Waals surface area contributed by atoms with Crippen LogP contribution in [0.5, 0.6) is 0 Å². The Balaban J connectivity index is 2.14. The van der Waals surface area contributed by atoms with Crippen molar-refractivity contribution in [3.05, 3.63) is 92.7 Å². The first-order chi connectivity index (χ1) is 12.2. The lowest BCUT2D eigenvalue weighted by Crippen LogP contribution is -2.56. The molecule has 0 aliphatic rings. The number of para-hydroxylation sites is 3. The van der Waals surface area contributed by atoms with Gasteiger partial charge in [-0.2, -0.15) is 0 Å². The Hall–Kier alpha value is -2.99. The Kier molecular flexibility index (Phi) is 3.82. The number of nitrogens with one attached hydrogen (secondary N) is 1. The van der Waals surface area contributed by atoms with E-state index >= 15 is 0 Å². The molecule has 0 atom stereocenters. The molecule has 0 radical (unpaired) electrons. The zero-order valence-electron chi connectivity index (χ0n) is 13.0. The average Bonchev–Trinajstić information content (AvgIpc) is 2.94. The van der Waals surface area contributed by atoms with Gasteiger partial charge in [0, 0.05) is 20.6 Å². The van der Waals surface area contributed by atoms with Gasteiger partial charge in [0.1, 0.15) is 5.69 Å². The van der Waals surface area contributed by atoms with Crippen LogP contribution in [0.1, 0.15) is 0 Å². The third kappa shape index (κ3) is 2.51. The fraction of sp³-hybridized carbons (Fsp3) is 0. The fourth-order valence-electron chi connectivity index (χ4n) is 2.98. The second-order valence-electron chi connectivity index (χ2n) is 5.54. The summed E-state index contributed by atoms with van der Waals surface area (Å²) in [6.07, 6.45) is 0. The van der Waals surface area contributed by atoms with Crippen molar-refractivity contribution in [1.82, 2.24) is 9.13 Å². The lowest BCUT2D eigenvalue weighted by molar-refractivity contribution is -0.379. The standard InChI is InChI=1S/C19H12BrN3O2/c20-13-10-11-15(21-25)18(12-13)23-17-9-5-4-8-16(17)22(19(23)24)14-6-2-1-3-7-14/h1-12H/p+1. The van der Waals surface area contributed by atoms with Crippen LogP contribution in [0.3, 0.4) is 0 Å². The molecule has 0 aliphatic heterocycles. The molecule has 122 valence electrons. The molecule has 0 fully saturated rings. The van der Waals surface area contributed by atoms with Crippen LogP contribution >= 0.6 is 15.9 Å². The van der Waals surface area contributed by atoms with Crippen LogP contribution < -0.4 is 10.9 Å². The van der Waals surface area contributed by atoms with E-state index in [1.807, 2.05) is 59.8 Å². The number of hydrogen-bond donors (Lipinski definition) is 1. The first kappa shape index (κ1) is 15.5. The summed E-state index contributed by atoms with van der Waals surface area (Å²) < 4.78 is 3.97. The number of imidazole rings is 1. The number of fused-ring (bicyclic) bond motifs is 1. The Morgan fingerprint density at radius 2 is 1.44 bits per heavy atom. The maximum atomic E-state index is 13.2. The zero-order valence-corrected chi connectivity index (χ0v) is 14.6. The molecular weight excluding hydrogens is 382 g/mol. The molecule has 1 N–H and O–H groups in total. The van der Waals surface area contributed by atoms with Gasteiger partial charge >= 0.3 is 5.69 Å². The fourth-order valence-corrected chi connectivity index (χ4v) is 3.33. The molecule has 25 heavy (non-hydrogen) atoms. The molecule has 4 rings (SSSR count). The van der Waals surface area contributed by atoms with E-state index in [9.17, 15) is 9.70 Å². The van der Waals surface area contributed by atoms with Gasteiger partial charge in [0.15, 0.2) is 0 Å². The number of aromatic nitrogens is 2. The van der Waals surface area contributed by atoms with Gasteiger partial charge in [0.25, 0.3) is 5.69 Å². The number of hydrogen-bond acceptors (Lipinski definition) is 2. The molecule has 4 aromatic rings. The summed E-state index contributed by atoms with van der Waals surface area (Å²) in [5, 5.41) is 1.92. The predicted molar refractivity (Wildman–Crippen MR) is 101 cm³/mol. The van der Waals surface area contributed by atoms with Gasteiger partial charge in [-0.05, 0) is 36.4 Å². The van der Waals surface area contributed by atoms with E-state index in [0.717, 1.165) is 21.2 Å². The van der Waals surface area contributed by atoms with Crippen LogP contribution in [0.4, 0.5) is 5.69 Å². The quantitative estimate of drug-likeness (QED) is 0.580. The van der Waals surface area contributed by atoms with Crippen LogP contribution in [0.2, 0.25) is 0 Å². The van der Waals surface area contributed by atoms with Gasteiger partial charge in [-0.3, -0.25) is 9.13 Å². The topological polar surface area (TPSA) is 58.0 Å². The molecule has 1 heterocycles. The lowest BCUT2D eigenvalue weighted by Gasteiger charge is -2.03. The van der Waals surface area contributed by atoms with Gasteiger partial charge in [0.2, 0.25) is 0 Å². The second-order valence-corrected chi connectivity index (χ2v) is 6.46. The number of benzene rings is 3. The van der Waals surface area contributed by atoms with Crippen LogP contribution in [-0.2, 0) is 0 Å². The van der Waals surface area contributed by atoms with E-state index in [-0.39, 0.29) is 5.69 Å². The van der Waals surface area contributed by atoms with E-state index in [2.05, 4.69) is 15.9 Å². The molecule has 0 unspecified atom stereocenters. The first-order valence-electron chi connectivity index (χ1n) is 7.66. The smallest absolute Gasteiger partial charge is 0.260 e. The van der Waals surface area contributed by atoms with Gasteiger partial charge in [-0.1, -0.05) is 46.3 Å². The van der Waals surface area contributed by atoms with E-state index in [4.69, 9.17) is 0 Å². The Labute approximate surface area is 151 Å². The maximum absolute atomic E-state index is 13.2. The van der Waals surface area contributed by atoms with E-state index in [0.29, 0.717) is 11.4 Å². The van der Waals surface area contributed by atoms with Crippen LogP contribution in [0.15, 0.2) is 82.1 Å². The van der Waals surface area contributed by atoms with Crippen molar-refractivity contribution in [1.29, 1.82) is 0 Å². The molecule has 0 bridgehead atoms. The summed E-state index contributed by atoms with van der Waals surface area (Å²) >= 11 is 3.41. The summed E-state index contributed by atoms with van der Waals surface area (Å²) in [6, 6.07) is 22.1. The van der Waals surface area contributed by atoms with Crippen LogP contribution in [-0.4, -0.2) is 9.13 Å². The minimum Gasteiger partial charge on any atom is -0.260 e. The molecule has 0 saturated heterocycles. The van der Waals surface area contributed by atoms with Crippen molar-refractivity contribution >= 4 is 32.7 Å². The van der Waals surface area contributed by atoms with Gasteiger partial charge in [-0.15, -0.1) is 0 Å². The number of halogens is 1. The highest BCUT2D eigenvalue weighted by Crippen LogP contribution is 2.25. The molecule has 1 aromatic heterocycles. The molecule has 6 heteroatoms. The normalized spacial score (nSPS) is 10.9. The number of nitroso groups, excluding NO2 is 1. The Morgan fingerprint density at radius 1 is 0.800 bits per heavy atom. The second kappa shape index (κ2) is 6.14. The van der Waals surface area contributed by atoms with Gasteiger partial charge < -0.3 is 0 Å². The van der Waals surface area contributed by atoms with E-state index in [1.165, 1.54) is 0 Å². The molecule has 5 nitrogen and oxygen atoms in total. The third-order valence-electron chi connectivity index (χ3n) is 4.07. The SMILES string of the molecule is O=[NH+]c1ccc(Br)cc1-n1c(=O)n(-c2ccccc2)c2ccccc21. The van der Waals surface area contributed by atoms with E-state index < -0.39 is 0 Å². The molecule has 0 aliphatic carbocycles. The van der Waals surface area contributed by atoms with Crippen molar-refractivity contribution in [3.63, 3.8) is 0 Å². The van der Waals surface area contributed by atoms with Gasteiger partial charge in [0.05, 0.1) is 16.7 Å². The van der Waals surface area contributed by atoms with Crippen molar-refractivity contribution in [2.45, 2.75) is 0 Å². The zero-order chi connectivity index (χ0) is 17.4. The number of nitrogens with zero attached hydrogens (tertiary/aromatic N) is 2. The molecule has 0 amide bonds. The van der Waals surface area contributed by atoms with Gasteiger partial charge in [-0.25, -0.2) is 4.79 Å². The van der Waals surface area contributed by atoms with Crippen molar-refractivity contribution in [3.8, 4) is 11.4 Å². The summed E-state index contributed by atoms with van der Waals surface area (Å²) in [7, 11) is 0. The summed E-state index contributed by atoms with van der Waals surface area (Å²) in [6.45, 7) is 0. The lowest BCUT2D eigenvalue weighted by atomic mass is 10.2. The van der Waals surface area contributed by atoms with Crippen LogP contribution in [0.25, 0.3) is 22.4 Å². The third-order valence-corrected chi connectivity index (χ3v) is 4.56. The maximum Gasteiger partial charge on any atom is 0.338 e. The summed E-state index contributed by atoms with van der Waals surface area (Å²) in [5.41, 5.74) is 2.87. The van der Waals surface area contributed by atoms with Crippen molar-refractivity contribution in [2.75, 3.05) is 0 Å². The molecular formula is C19H13BrN3O2+. The van der Waals surface area contributed by atoms with Crippen LogP contribution in [0, 0.1) is 4.91 Å². The van der Waals surface area contributed by atoms with E-state index in [1.54, 1.807) is 27.3 Å². The van der Waals surface area contributed by atoms with Crippen molar-refractivity contribution in [2.24, 2.45) is 0 Å². The number of rotatable bonds is 3. The molecule has 0 spiro atoms. The minimum atomic E-state index is -0.234. The van der Waals surface area contributed by atoms with Crippen molar-refractivity contribution < 1.29 is 5.18 Å². The monoisotopic (exact) mass is 394 g/mol. The Bertz CT molecular complexity index is 1150. The minimum absolute atomic E-state index is 0.234. The molecule has 3 aromatic carbocycles. The first-order valence-corrected chi connectivity index (χ1v) is 8.46. The summed E-state index contributed by atoms with van der Waals surface area (Å²) in [4.78, 5) is 24.6. The molecule has 0 saturated carbocycles. The highest BCUT2D eigenvalue weighted by atomic mass is 79.9. The largest absolute Gasteiger partial charge is 0.338 e. The Morgan fingerprint density at radius 3 is 2.12 bits per heavy atom. The highest BCUT2D eigenvalue weighted by molar-refractivity contribution is 9.10. The highest BCUT2D eigenvalue weighted by Gasteiger charge is 2.20. The average molecular weight is 395 g/mol.